The van der Waals surface area contributed by atoms with Gasteiger partial charge in [0.05, 0.1) is 16.6 Å². The van der Waals surface area contributed by atoms with Crippen LogP contribution in [0.2, 0.25) is 0 Å². The van der Waals surface area contributed by atoms with Crippen molar-refractivity contribution in [1.82, 2.24) is 4.90 Å². The van der Waals surface area contributed by atoms with Gasteiger partial charge >= 0.3 is 0 Å². The second kappa shape index (κ2) is 5.18. The maximum absolute atomic E-state index is 12.9. The predicted molar refractivity (Wildman–Crippen MR) is 85.2 cm³/mol. The van der Waals surface area contributed by atoms with Crippen LogP contribution in [0.15, 0.2) is 0 Å². The van der Waals surface area contributed by atoms with Crippen molar-refractivity contribution >= 4 is 15.7 Å². The molecule has 0 aromatic heterocycles. The van der Waals surface area contributed by atoms with Crippen molar-refractivity contribution in [3.63, 3.8) is 0 Å². The molecule has 0 aromatic rings. The van der Waals surface area contributed by atoms with Crippen LogP contribution in [0.1, 0.15) is 41.0 Å². The molecule has 2 unspecified atom stereocenters. The smallest absolute Gasteiger partial charge is 0.243 e. The summed E-state index contributed by atoms with van der Waals surface area (Å²) in [5, 5.41) is 0. The van der Waals surface area contributed by atoms with Gasteiger partial charge in [0.1, 0.15) is 5.54 Å². The second-order valence-electron chi connectivity index (χ2n) is 7.65. The summed E-state index contributed by atoms with van der Waals surface area (Å²) in [5.74, 6) is -0.159. The summed E-state index contributed by atoms with van der Waals surface area (Å²) in [6.07, 6.45) is 0.448. The van der Waals surface area contributed by atoms with E-state index in [9.17, 15) is 13.2 Å². The first kappa shape index (κ1) is 17.7. The number of ether oxygens (including phenoxy) is 1. The molecule has 2 fully saturated rings. The van der Waals surface area contributed by atoms with Gasteiger partial charge in [-0.15, -0.1) is 0 Å². The molecule has 6 nitrogen and oxygen atoms in total. The minimum Gasteiger partial charge on any atom is -0.378 e. The van der Waals surface area contributed by atoms with E-state index in [4.69, 9.17) is 10.5 Å². The Hall–Kier alpha value is -0.660. The van der Waals surface area contributed by atoms with E-state index in [2.05, 4.69) is 0 Å². The highest BCUT2D eigenvalue weighted by atomic mass is 32.2. The number of hydrogen-bond acceptors (Lipinski definition) is 5. The zero-order chi connectivity index (χ0) is 17.0. The minimum absolute atomic E-state index is 0.00284. The Morgan fingerprint density at radius 1 is 1.32 bits per heavy atom. The van der Waals surface area contributed by atoms with Gasteiger partial charge in [-0.25, -0.2) is 8.42 Å². The Morgan fingerprint density at radius 3 is 2.36 bits per heavy atom. The lowest BCUT2D eigenvalue weighted by molar-refractivity contribution is -0.179. The number of carbonyl (C=O) groups excluding carboxylic acids is 1. The molecule has 0 bridgehead atoms. The lowest BCUT2D eigenvalue weighted by atomic mass is 9.54. The van der Waals surface area contributed by atoms with Crippen LogP contribution in [-0.4, -0.2) is 61.1 Å². The molecule has 22 heavy (non-hydrogen) atoms. The maximum atomic E-state index is 12.9. The van der Waals surface area contributed by atoms with E-state index in [-0.39, 0.29) is 30.9 Å². The van der Waals surface area contributed by atoms with Gasteiger partial charge in [-0.1, -0.05) is 13.8 Å². The first-order valence-corrected chi connectivity index (χ1v) is 9.46. The minimum atomic E-state index is -3.17. The topological polar surface area (TPSA) is 89.7 Å². The molecule has 1 heterocycles. The normalized spacial score (nSPS) is 35.7. The molecule has 1 saturated heterocycles. The van der Waals surface area contributed by atoms with E-state index >= 15 is 0 Å². The summed E-state index contributed by atoms with van der Waals surface area (Å²) in [6.45, 7) is 10.2. The van der Waals surface area contributed by atoms with E-state index in [1.807, 2.05) is 20.8 Å². The van der Waals surface area contributed by atoms with Crippen LogP contribution in [0.25, 0.3) is 0 Å². The van der Waals surface area contributed by atoms with Crippen molar-refractivity contribution in [2.75, 3.05) is 25.4 Å². The van der Waals surface area contributed by atoms with Crippen LogP contribution in [0, 0.1) is 5.41 Å². The van der Waals surface area contributed by atoms with Gasteiger partial charge in [-0.3, -0.25) is 4.79 Å². The van der Waals surface area contributed by atoms with Crippen molar-refractivity contribution in [2.24, 2.45) is 11.1 Å². The Labute approximate surface area is 133 Å². The first-order valence-electron chi connectivity index (χ1n) is 7.81. The largest absolute Gasteiger partial charge is 0.378 e. The third kappa shape index (κ3) is 2.37. The van der Waals surface area contributed by atoms with Gasteiger partial charge in [0, 0.05) is 31.5 Å². The molecular formula is C15H28N2O4S. The van der Waals surface area contributed by atoms with Crippen LogP contribution < -0.4 is 5.73 Å². The number of nitrogens with zero attached hydrogens (tertiary/aromatic N) is 1. The molecule has 1 aliphatic heterocycles. The van der Waals surface area contributed by atoms with Gasteiger partial charge in [0.25, 0.3) is 0 Å². The molecule has 2 atom stereocenters. The Bertz CT molecular complexity index is 570. The van der Waals surface area contributed by atoms with Gasteiger partial charge < -0.3 is 15.4 Å². The number of carbonyl (C=O) groups is 1. The molecule has 2 aliphatic rings. The Kier molecular flexibility index (Phi) is 4.16. The van der Waals surface area contributed by atoms with Crippen molar-refractivity contribution in [3.05, 3.63) is 0 Å². The van der Waals surface area contributed by atoms with Gasteiger partial charge in [-0.2, -0.15) is 0 Å². The number of rotatable bonds is 3. The van der Waals surface area contributed by atoms with Crippen LogP contribution in [0.4, 0.5) is 0 Å². The zero-order valence-electron chi connectivity index (χ0n) is 14.2. The molecule has 2 N–H and O–H groups in total. The number of sulfone groups is 1. The molecule has 1 amide bonds. The van der Waals surface area contributed by atoms with E-state index in [0.29, 0.717) is 13.0 Å². The highest BCUT2D eigenvalue weighted by molar-refractivity contribution is 7.92. The standard InChI is InChI=1S/C15H28N2O4S/c1-6-21-11-9-15(16,14(11,4)5)12(18)17-7-8-22(19,20)13(2,3)10-17/h11H,6-10,16H2,1-5H3. The number of amides is 1. The van der Waals surface area contributed by atoms with Crippen LogP contribution in [0.5, 0.6) is 0 Å². The predicted octanol–water partition coefficient (Wildman–Crippen LogP) is 0.555. The van der Waals surface area contributed by atoms with Gasteiger partial charge in [-0.05, 0) is 20.8 Å². The fourth-order valence-corrected chi connectivity index (χ4v) is 4.76. The van der Waals surface area contributed by atoms with E-state index in [0.717, 1.165) is 0 Å². The summed E-state index contributed by atoms with van der Waals surface area (Å²) in [6, 6.07) is 0. The monoisotopic (exact) mass is 332 g/mol. The maximum Gasteiger partial charge on any atom is 0.243 e. The van der Waals surface area contributed by atoms with Crippen LogP contribution >= 0.6 is 0 Å². The third-order valence-corrected chi connectivity index (χ3v) is 8.08. The average Bonchev–Trinajstić information content (AvgIpc) is 2.40. The summed E-state index contributed by atoms with van der Waals surface area (Å²) >= 11 is 0. The summed E-state index contributed by atoms with van der Waals surface area (Å²) in [5.41, 5.74) is 4.97. The average molecular weight is 332 g/mol. The van der Waals surface area contributed by atoms with Gasteiger partial charge in [0.15, 0.2) is 9.84 Å². The van der Waals surface area contributed by atoms with E-state index in [1.54, 1.807) is 18.7 Å². The quantitative estimate of drug-likeness (QED) is 0.815. The molecule has 0 aromatic carbocycles. The molecule has 1 saturated carbocycles. The molecule has 0 radical (unpaired) electrons. The molecule has 2 rings (SSSR count). The summed E-state index contributed by atoms with van der Waals surface area (Å²) in [7, 11) is -3.17. The Morgan fingerprint density at radius 2 is 1.91 bits per heavy atom. The molecule has 7 heteroatoms. The lowest BCUT2D eigenvalue weighted by Gasteiger charge is -2.59. The highest BCUT2D eigenvalue weighted by Gasteiger charge is 2.64. The third-order valence-electron chi connectivity index (χ3n) is 5.54. The molecule has 1 aliphatic carbocycles. The number of hydrogen-bond donors (Lipinski definition) is 1. The summed E-state index contributed by atoms with van der Waals surface area (Å²) in [4.78, 5) is 14.5. The lowest BCUT2D eigenvalue weighted by Crippen LogP contribution is -2.77. The fraction of sp³-hybridized carbons (Fsp3) is 0.933. The number of nitrogens with two attached hydrogens (primary N) is 1. The van der Waals surface area contributed by atoms with Crippen molar-refractivity contribution in [2.45, 2.75) is 57.4 Å². The zero-order valence-corrected chi connectivity index (χ0v) is 15.0. The SMILES string of the molecule is CCOC1CC(N)(C(=O)N2CCS(=O)(=O)C(C)(C)C2)C1(C)C. The van der Waals surface area contributed by atoms with Crippen molar-refractivity contribution < 1.29 is 17.9 Å². The Balaban J connectivity index is 2.17. The highest BCUT2D eigenvalue weighted by Crippen LogP contribution is 2.50. The second-order valence-corrected chi connectivity index (χ2v) is 10.4. The molecular weight excluding hydrogens is 304 g/mol. The molecule has 128 valence electrons. The van der Waals surface area contributed by atoms with Crippen LogP contribution in [-0.2, 0) is 19.4 Å². The fourth-order valence-electron chi connectivity index (χ4n) is 3.40. The van der Waals surface area contributed by atoms with Crippen molar-refractivity contribution in [3.8, 4) is 0 Å². The van der Waals surface area contributed by atoms with E-state index in [1.165, 1.54) is 0 Å². The first-order chi connectivity index (χ1) is 9.89. The van der Waals surface area contributed by atoms with Crippen LogP contribution in [0.3, 0.4) is 0 Å². The summed E-state index contributed by atoms with van der Waals surface area (Å²) < 4.78 is 28.9. The van der Waals surface area contributed by atoms with Gasteiger partial charge in [0.2, 0.25) is 5.91 Å². The molecule has 0 spiro atoms. The van der Waals surface area contributed by atoms with E-state index < -0.39 is 25.5 Å². The van der Waals surface area contributed by atoms with Crippen molar-refractivity contribution in [1.29, 1.82) is 0 Å².